The molecule has 1 saturated heterocycles. The Morgan fingerprint density at radius 1 is 1.22 bits per heavy atom. The average Bonchev–Trinajstić information content (AvgIpc) is 3.06. The van der Waals surface area contributed by atoms with Crippen LogP contribution in [0.25, 0.3) is 0 Å². The molecule has 0 radical (unpaired) electrons. The number of aldehydes is 1. The first-order valence-corrected chi connectivity index (χ1v) is 9.00. The smallest absolute Gasteiger partial charge is 0.222 e. The van der Waals surface area contributed by atoms with E-state index in [0.29, 0.717) is 41.9 Å². The lowest BCUT2D eigenvalue weighted by Crippen LogP contribution is -2.52. The molecule has 0 N–H and O–H groups in total. The molecule has 3 nitrogen and oxygen atoms in total. The summed E-state index contributed by atoms with van der Waals surface area (Å²) < 4.78 is 0. The number of nitrogens with zero attached hydrogens (tertiary/aromatic N) is 1. The van der Waals surface area contributed by atoms with E-state index in [9.17, 15) is 9.59 Å². The van der Waals surface area contributed by atoms with Gasteiger partial charge < -0.3 is 9.69 Å². The zero-order valence-corrected chi connectivity index (χ0v) is 14.6. The molecular formula is C18H21Cl2NO2. The van der Waals surface area contributed by atoms with E-state index in [0.717, 1.165) is 24.7 Å². The van der Waals surface area contributed by atoms with Gasteiger partial charge in [-0.2, -0.15) is 0 Å². The maximum atomic E-state index is 12.4. The van der Waals surface area contributed by atoms with Crippen LogP contribution in [-0.2, 0) is 15.0 Å². The van der Waals surface area contributed by atoms with Gasteiger partial charge in [-0.15, -0.1) is 0 Å². The van der Waals surface area contributed by atoms with E-state index in [1.165, 1.54) is 12.8 Å². The van der Waals surface area contributed by atoms with Crippen molar-refractivity contribution < 1.29 is 9.59 Å². The fourth-order valence-electron chi connectivity index (χ4n) is 4.04. The van der Waals surface area contributed by atoms with E-state index in [-0.39, 0.29) is 11.3 Å². The Balaban J connectivity index is 1.94. The monoisotopic (exact) mass is 353 g/mol. The van der Waals surface area contributed by atoms with Crippen molar-refractivity contribution in [2.45, 2.75) is 56.4 Å². The van der Waals surface area contributed by atoms with E-state index in [4.69, 9.17) is 23.2 Å². The largest absolute Gasteiger partial charge is 0.339 e. The van der Waals surface area contributed by atoms with E-state index < -0.39 is 0 Å². The average molecular weight is 354 g/mol. The molecule has 124 valence electrons. The van der Waals surface area contributed by atoms with Gasteiger partial charge in [-0.1, -0.05) is 42.1 Å². The standard InChI is InChI=1S/C18H21Cl2NO2/c19-15-6-5-13(11-16(15)20)18(9-10-22)8-7-17(23)21(12-18)14-3-1-2-4-14/h5-6,10-11,14H,1-4,7-9,12H2/t18-/m1/s1. The normalized spacial score (nSPS) is 25.8. The minimum absolute atomic E-state index is 0.221. The number of benzene rings is 1. The van der Waals surface area contributed by atoms with Crippen molar-refractivity contribution in [1.29, 1.82) is 0 Å². The van der Waals surface area contributed by atoms with Crippen LogP contribution in [0.1, 0.15) is 50.5 Å². The number of piperidine rings is 1. The minimum atomic E-state index is -0.341. The highest BCUT2D eigenvalue weighted by atomic mass is 35.5. The lowest BCUT2D eigenvalue weighted by molar-refractivity contribution is -0.139. The van der Waals surface area contributed by atoms with Crippen LogP contribution < -0.4 is 0 Å². The highest BCUT2D eigenvalue weighted by Crippen LogP contribution is 2.41. The third-order valence-electron chi connectivity index (χ3n) is 5.38. The van der Waals surface area contributed by atoms with Gasteiger partial charge in [0.1, 0.15) is 6.29 Å². The second-order valence-corrected chi connectivity index (χ2v) is 7.55. The van der Waals surface area contributed by atoms with Gasteiger partial charge in [-0.05, 0) is 37.0 Å². The molecule has 0 spiro atoms. The Labute approximate surface area is 146 Å². The first kappa shape index (κ1) is 16.8. The number of halogens is 2. The molecule has 1 atom stereocenters. The van der Waals surface area contributed by atoms with Crippen LogP contribution in [-0.4, -0.2) is 29.7 Å². The van der Waals surface area contributed by atoms with Crippen molar-refractivity contribution in [3.05, 3.63) is 33.8 Å². The molecule has 0 unspecified atom stereocenters. The van der Waals surface area contributed by atoms with Gasteiger partial charge in [0, 0.05) is 30.8 Å². The summed E-state index contributed by atoms with van der Waals surface area (Å²) in [7, 11) is 0. The van der Waals surface area contributed by atoms with Crippen LogP contribution >= 0.6 is 23.2 Å². The molecule has 5 heteroatoms. The Hall–Kier alpha value is -1.06. The molecule has 2 aliphatic rings. The third-order valence-corrected chi connectivity index (χ3v) is 6.12. The van der Waals surface area contributed by atoms with Crippen molar-refractivity contribution in [1.82, 2.24) is 4.90 Å². The maximum Gasteiger partial charge on any atom is 0.222 e. The molecule has 1 aromatic carbocycles. The van der Waals surface area contributed by atoms with Crippen molar-refractivity contribution >= 4 is 35.4 Å². The van der Waals surface area contributed by atoms with Crippen molar-refractivity contribution in [2.24, 2.45) is 0 Å². The van der Waals surface area contributed by atoms with Gasteiger partial charge in [-0.3, -0.25) is 4.79 Å². The van der Waals surface area contributed by atoms with Crippen LogP contribution in [0.3, 0.4) is 0 Å². The molecule has 0 aromatic heterocycles. The van der Waals surface area contributed by atoms with Gasteiger partial charge in [0.25, 0.3) is 0 Å². The summed E-state index contributed by atoms with van der Waals surface area (Å²) >= 11 is 12.2. The topological polar surface area (TPSA) is 37.4 Å². The van der Waals surface area contributed by atoms with E-state index in [1.54, 1.807) is 6.07 Å². The van der Waals surface area contributed by atoms with Crippen molar-refractivity contribution in [3.8, 4) is 0 Å². The molecule has 23 heavy (non-hydrogen) atoms. The zero-order chi connectivity index (χ0) is 16.4. The highest BCUT2D eigenvalue weighted by molar-refractivity contribution is 6.42. The zero-order valence-electron chi connectivity index (χ0n) is 13.1. The highest BCUT2D eigenvalue weighted by Gasteiger charge is 2.42. The van der Waals surface area contributed by atoms with Gasteiger partial charge in [-0.25, -0.2) is 0 Å². The molecule has 1 aliphatic carbocycles. The van der Waals surface area contributed by atoms with Gasteiger partial charge in [0.05, 0.1) is 10.0 Å². The first-order valence-electron chi connectivity index (χ1n) is 8.24. The summed E-state index contributed by atoms with van der Waals surface area (Å²) in [5.74, 6) is 0.221. The van der Waals surface area contributed by atoms with Crippen molar-refractivity contribution in [3.63, 3.8) is 0 Å². The fraction of sp³-hybridized carbons (Fsp3) is 0.556. The number of likely N-dealkylation sites (tertiary alicyclic amines) is 1. The van der Waals surface area contributed by atoms with Crippen LogP contribution in [0.2, 0.25) is 10.0 Å². The number of carbonyl (C=O) groups is 2. The predicted octanol–water partition coefficient (Wildman–Crippen LogP) is 4.39. The number of amides is 1. The molecule has 1 aliphatic heterocycles. The Kier molecular flexibility index (Phi) is 4.98. The van der Waals surface area contributed by atoms with Gasteiger partial charge >= 0.3 is 0 Å². The third kappa shape index (κ3) is 3.27. The van der Waals surface area contributed by atoms with Crippen LogP contribution in [0, 0.1) is 0 Å². The second kappa shape index (κ2) is 6.82. The predicted molar refractivity (Wildman–Crippen MR) is 92.0 cm³/mol. The molecule has 1 saturated carbocycles. The molecule has 3 rings (SSSR count). The molecule has 1 heterocycles. The van der Waals surface area contributed by atoms with Gasteiger partial charge in [0.15, 0.2) is 0 Å². The minimum Gasteiger partial charge on any atom is -0.339 e. The summed E-state index contributed by atoms with van der Waals surface area (Å²) in [4.78, 5) is 25.8. The molecule has 2 fully saturated rings. The van der Waals surface area contributed by atoms with Crippen molar-refractivity contribution in [2.75, 3.05) is 6.54 Å². The Morgan fingerprint density at radius 2 is 1.96 bits per heavy atom. The number of rotatable bonds is 4. The quantitative estimate of drug-likeness (QED) is 0.753. The fourth-order valence-corrected chi connectivity index (χ4v) is 4.34. The summed E-state index contributed by atoms with van der Waals surface area (Å²) in [6.07, 6.45) is 7.06. The summed E-state index contributed by atoms with van der Waals surface area (Å²) in [6, 6.07) is 5.91. The molecular weight excluding hydrogens is 333 g/mol. The number of hydrogen-bond donors (Lipinski definition) is 0. The first-order chi connectivity index (χ1) is 11.1. The van der Waals surface area contributed by atoms with E-state index in [2.05, 4.69) is 0 Å². The number of carbonyl (C=O) groups excluding carboxylic acids is 2. The Bertz CT molecular complexity index is 613. The Morgan fingerprint density at radius 3 is 2.61 bits per heavy atom. The summed E-state index contributed by atoms with van der Waals surface area (Å²) in [5, 5.41) is 1.01. The van der Waals surface area contributed by atoms with E-state index >= 15 is 0 Å². The second-order valence-electron chi connectivity index (χ2n) is 6.74. The SMILES string of the molecule is O=CC[C@]1(c2ccc(Cl)c(Cl)c2)CCC(=O)N(C2CCCC2)C1. The summed E-state index contributed by atoms with van der Waals surface area (Å²) in [6.45, 7) is 0.604. The van der Waals surface area contributed by atoms with Crippen LogP contribution in [0.15, 0.2) is 18.2 Å². The van der Waals surface area contributed by atoms with E-state index in [1.807, 2.05) is 17.0 Å². The summed E-state index contributed by atoms with van der Waals surface area (Å²) in [5.41, 5.74) is 0.668. The molecule has 1 aromatic rings. The van der Waals surface area contributed by atoms with Crippen LogP contribution in [0.5, 0.6) is 0 Å². The lowest BCUT2D eigenvalue weighted by atomic mass is 9.71. The maximum absolute atomic E-state index is 12.4. The molecule has 1 amide bonds. The number of hydrogen-bond acceptors (Lipinski definition) is 2. The molecule has 0 bridgehead atoms. The van der Waals surface area contributed by atoms with Crippen LogP contribution in [0.4, 0.5) is 0 Å². The lowest BCUT2D eigenvalue weighted by Gasteiger charge is -2.44. The van der Waals surface area contributed by atoms with Gasteiger partial charge in [0.2, 0.25) is 5.91 Å².